The molecule has 0 aliphatic rings. The standard InChI is InChI=1S/C12H16O2.C2H6/c1-4-12(14-10(3)13)11-7-5-9(2)6-8-11;1-2/h5-8,12H,4H2,1-3H3;1-2H3/t12-;/m0./s1. The summed E-state index contributed by atoms with van der Waals surface area (Å²) in [4.78, 5) is 10.8. The predicted molar refractivity (Wildman–Crippen MR) is 67.3 cm³/mol. The second kappa shape index (κ2) is 7.91. The maximum atomic E-state index is 10.8. The van der Waals surface area contributed by atoms with Crippen LogP contribution in [0.5, 0.6) is 0 Å². The fourth-order valence-corrected chi connectivity index (χ4v) is 1.37. The first-order valence-corrected chi connectivity index (χ1v) is 5.87. The van der Waals surface area contributed by atoms with E-state index in [0.29, 0.717) is 0 Å². The fourth-order valence-electron chi connectivity index (χ4n) is 1.37. The van der Waals surface area contributed by atoms with Gasteiger partial charge in [0.15, 0.2) is 0 Å². The quantitative estimate of drug-likeness (QED) is 0.721. The SMILES string of the molecule is CC.CC[C@H](OC(C)=O)c1ccc(C)cc1. The number of carbonyl (C=O) groups is 1. The Balaban J connectivity index is 0.00000106. The molecule has 16 heavy (non-hydrogen) atoms. The molecule has 1 aromatic carbocycles. The molecule has 0 amide bonds. The molecule has 0 aliphatic heterocycles. The molecule has 0 fully saturated rings. The Morgan fingerprint density at radius 3 is 2.12 bits per heavy atom. The molecule has 2 nitrogen and oxygen atoms in total. The summed E-state index contributed by atoms with van der Waals surface area (Å²) < 4.78 is 5.19. The van der Waals surface area contributed by atoms with Gasteiger partial charge in [0.2, 0.25) is 0 Å². The molecule has 90 valence electrons. The zero-order chi connectivity index (χ0) is 12.6. The number of esters is 1. The first-order valence-electron chi connectivity index (χ1n) is 5.87. The molecule has 1 rings (SSSR count). The van der Waals surface area contributed by atoms with Crippen molar-refractivity contribution in [1.82, 2.24) is 0 Å². The van der Waals surface area contributed by atoms with Crippen molar-refractivity contribution in [3.63, 3.8) is 0 Å². The van der Waals surface area contributed by atoms with E-state index in [1.165, 1.54) is 12.5 Å². The van der Waals surface area contributed by atoms with E-state index in [2.05, 4.69) is 0 Å². The van der Waals surface area contributed by atoms with Crippen LogP contribution in [0.2, 0.25) is 0 Å². The maximum Gasteiger partial charge on any atom is 0.303 e. The highest BCUT2D eigenvalue weighted by Gasteiger charge is 2.11. The molecule has 0 saturated heterocycles. The molecule has 0 bridgehead atoms. The Morgan fingerprint density at radius 1 is 1.25 bits per heavy atom. The third-order valence-electron chi connectivity index (χ3n) is 2.13. The first-order chi connectivity index (χ1) is 7.63. The Kier molecular flexibility index (Phi) is 7.27. The average Bonchev–Trinajstić information content (AvgIpc) is 2.29. The molecule has 1 aromatic rings. The fraction of sp³-hybridized carbons (Fsp3) is 0.500. The third kappa shape index (κ3) is 4.96. The lowest BCUT2D eigenvalue weighted by atomic mass is 10.1. The molecule has 0 aliphatic carbocycles. The maximum absolute atomic E-state index is 10.8. The minimum Gasteiger partial charge on any atom is -0.458 e. The van der Waals surface area contributed by atoms with Gasteiger partial charge in [-0.3, -0.25) is 4.79 Å². The molecule has 0 saturated carbocycles. The van der Waals surface area contributed by atoms with Crippen LogP contribution in [0.25, 0.3) is 0 Å². The lowest BCUT2D eigenvalue weighted by Crippen LogP contribution is -2.07. The Morgan fingerprint density at radius 2 is 1.75 bits per heavy atom. The highest BCUT2D eigenvalue weighted by atomic mass is 16.5. The van der Waals surface area contributed by atoms with Crippen molar-refractivity contribution in [3.8, 4) is 0 Å². The van der Waals surface area contributed by atoms with Gasteiger partial charge in [-0.05, 0) is 18.9 Å². The zero-order valence-corrected chi connectivity index (χ0v) is 10.9. The lowest BCUT2D eigenvalue weighted by molar-refractivity contribution is -0.146. The van der Waals surface area contributed by atoms with Gasteiger partial charge in [-0.25, -0.2) is 0 Å². The Labute approximate surface area is 98.6 Å². The van der Waals surface area contributed by atoms with Crippen molar-refractivity contribution in [2.24, 2.45) is 0 Å². The number of carbonyl (C=O) groups excluding carboxylic acids is 1. The molecular formula is C14H22O2. The van der Waals surface area contributed by atoms with Gasteiger partial charge in [-0.2, -0.15) is 0 Å². The van der Waals surface area contributed by atoms with Crippen molar-refractivity contribution in [2.45, 2.75) is 47.1 Å². The van der Waals surface area contributed by atoms with E-state index >= 15 is 0 Å². The topological polar surface area (TPSA) is 26.3 Å². The average molecular weight is 222 g/mol. The zero-order valence-electron chi connectivity index (χ0n) is 10.9. The summed E-state index contributed by atoms with van der Waals surface area (Å²) in [5.74, 6) is -0.225. The minimum atomic E-state index is -0.225. The highest BCUT2D eigenvalue weighted by Crippen LogP contribution is 2.21. The summed E-state index contributed by atoms with van der Waals surface area (Å²) >= 11 is 0. The predicted octanol–water partition coefficient (Wildman–Crippen LogP) is 4.04. The summed E-state index contributed by atoms with van der Waals surface area (Å²) in [6.45, 7) is 9.49. The van der Waals surface area contributed by atoms with Gasteiger partial charge in [-0.15, -0.1) is 0 Å². The van der Waals surface area contributed by atoms with E-state index in [4.69, 9.17) is 4.74 Å². The van der Waals surface area contributed by atoms with E-state index in [9.17, 15) is 4.79 Å². The van der Waals surface area contributed by atoms with Crippen LogP contribution < -0.4 is 0 Å². The normalized spacial score (nSPS) is 11.1. The van der Waals surface area contributed by atoms with Gasteiger partial charge < -0.3 is 4.74 Å². The monoisotopic (exact) mass is 222 g/mol. The van der Waals surface area contributed by atoms with Crippen LogP contribution >= 0.6 is 0 Å². The van der Waals surface area contributed by atoms with E-state index in [-0.39, 0.29) is 12.1 Å². The summed E-state index contributed by atoms with van der Waals surface area (Å²) in [6, 6.07) is 8.07. The second-order valence-corrected chi connectivity index (χ2v) is 3.42. The van der Waals surface area contributed by atoms with Gasteiger partial charge in [-0.1, -0.05) is 50.6 Å². The summed E-state index contributed by atoms with van der Waals surface area (Å²) in [6.07, 6.45) is 0.705. The van der Waals surface area contributed by atoms with Gasteiger partial charge in [0.1, 0.15) is 6.10 Å². The van der Waals surface area contributed by atoms with Crippen molar-refractivity contribution >= 4 is 5.97 Å². The van der Waals surface area contributed by atoms with Gasteiger partial charge in [0, 0.05) is 6.92 Å². The number of benzene rings is 1. The van der Waals surface area contributed by atoms with Gasteiger partial charge in [0.05, 0.1) is 0 Å². The molecule has 0 N–H and O–H groups in total. The molecule has 1 atom stereocenters. The smallest absolute Gasteiger partial charge is 0.303 e. The molecule has 0 spiro atoms. The van der Waals surface area contributed by atoms with Crippen LogP contribution in [0.1, 0.15) is 51.3 Å². The van der Waals surface area contributed by atoms with Crippen molar-refractivity contribution in [3.05, 3.63) is 35.4 Å². The van der Waals surface area contributed by atoms with Crippen molar-refractivity contribution in [1.29, 1.82) is 0 Å². The van der Waals surface area contributed by atoms with Crippen LogP contribution in [0.15, 0.2) is 24.3 Å². The van der Waals surface area contributed by atoms with E-state index in [0.717, 1.165) is 12.0 Å². The third-order valence-corrected chi connectivity index (χ3v) is 2.13. The summed E-state index contributed by atoms with van der Waals surface area (Å²) in [7, 11) is 0. The number of hydrogen-bond donors (Lipinski definition) is 0. The van der Waals surface area contributed by atoms with E-state index in [1.54, 1.807) is 0 Å². The molecule has 0 heterocycles. The molecular weight excluding hydrogens is 200 g/mol. The number of ether oxygens (including phenoxy) is 1. The van der Waals surface area contributed by atoms with E-state index < -0.39 is 0 Å². The number of rotatable bonds is 3. The molecule has 0 unspecified atom stereocenters. The van der Waals surface area contributed by atoms with Crippen LogP contribution in [-0.4, -0.2) is 5.97 Å². The van der Waals surface area contributed by atoms with Crippen LogP contribution in [0, 0.1) is 6.92 Å². The second-order valence-electron chi connectivity index (χ2n) is 3.42. The van der Waals surface area contributed by atoms with Crippen LogP contribution in [0.3, 0.4) is 0 Å². The summed E-state index contributed by atoms with van der Waals surface area (Å²) in [5, 5.41) is 0. The van der Waals surface area contributed by atoms with Gasteiger partial charge in [0.25, 0.3) is 0 Å². The first kappa shape index (κ1) is 14.7. The molecule has 0 aromatic heterocycles. The minimum absolute atomic E-state index is 0.104. The number of hydrogen-bond acceptors (Lipinski definition) is 2. The van der Waals surface area contributed by atoms with Crippen LogP contribution in [0.4, 0.5) is 0 Å². The Bertz CT molecular complexity index is 301. The molecule has 2 heteroatoms. The van der Waals surface area contributed by atoms with Gasteiger partial charge >= 0.3 is 5.97 Å². The van der Waals surface area contributed by atoms with Crippen LogP contribution in [-0.2, 0) is 9.53 Å². The highest BCUT2D eigenvalue weighted by molar-refractivity contribution is 5.66. The number of aryl methyl sites for hydroxylation is 1. The Hall–Kier alpha value is -1.31. The largest absolute Gasteiger partial charge is 0.458 e. The van der Waals surface area contributed by atoms with Crippen molar-refractivity contribution < 1.29 is 9.53 Å². The summed E-state index contributed by atoms with van der Waals surface area (Å²) in [5.41, 5.74) is 2.28. The molecule has 0 radical (unpaired) electrons. The lowest BCUT2D eigenvalue weighted by Gasteiger charge is -2.15. The van der Waals surface area contributed by atoms with E-state index in [1.807, 2.05) is 52.0 Å². The van der Waals surface area contributed by atoms with Crippen molar-refractivity contribution in [2.75, 3.05) is 0 Å².